The molecule has 0 amide bonds. The quantitative estimate of drug-likeness (QED) is 0.783. The van der Waals surface area contributed by atoms with E-state index >= 15 is 0 Å². The summed E-state index contributed by atoms with van der Waals surface area (Å²) in [7, 11) is 0. The number of ether oxygens (including phenoxy) is 1. The monoisotopic (exact) mass is 226 g/mol. The highest BCUT2D eigenvalue weighted by Crippen LogP contribution is 2.22. The molecule has 1 N–H and O–H groups in total. The second-order valence-corrected chi connectivity index (χ2v) is 5.95. The molecule has 0 aliphatic carbocycles. The molecular formula is C13H26N2O. The normalized spacial score (nSPS) is 34.7. The Bertz CT molecular complexity index is 228. The van der Waals surface area contributed by atoms with Crippen LogP contribution in [0.2, 0.25) is 0 Å². The molecule has 2 atom stereocenters. The SMILES string of the molecule is CC1CCN(CCOC2(C)CNC2)CC1C. The van der Waals surface area contributed by atoms with Gasteiger partial charge < -0.3 is 15.0 Å². The molecule has 16 heavy (non-hydrogen) atoms. The fourth-order valence-electron chi connectivity index (χ4n) is 2.55. The molecule has 0 radical (unpaired) electrons. The average Bonchev–Trinajstić information content (AvgIpc) is 2.21. The molecule has 2 aliphatic rings. The van der Waals surface area contributed by atoms with Gasteiger partial charge in [0.15, 0.2) is 0 Å². The molecule has 3 nitrogen and oxygen atoms in total. The van der Waals surface area contributed by atoms with Gasteiger partial charge in [0.1, 0.15) is 0 Å². The van der Waals surface area contributed by atoms with Crippen LogP contribution in [-0.2, 0) is 4.74 Å². The average molecular weight is 226 g/mol. The van der Waals surface area contributed by atoms with Gasteiger partial charge in [-0.15, -0.1) is 0 Å². The molecule has 0 aromatic carbocycles. The van der Waals surface area contributed by atoms with Crippen LogP contribution in [0.4, 0.5) is 0 Å². The molecule has 2 unspecified atom stereocenters. The molecule has 2 rings (SSSR count). The summed E-state index contributed by atoms with van der Waals surface area (Å²) in [6.07, 6.45) is 1.35. The third kappa shape index (κ3) is 2.96. The first-order valence-electron chi connectivity index (χ1n) is 6.66. The first-order chi connectivity index (χ1) is 7.59. The van der Waals surface area contributed by atoms with Crippen LogP contribution >= 0.6 is 0 Å². The third-order valence-corrected chi connectivity index (χ3v) is 4.27. The lowest BCUT2D eigenvalue weighted by molar-refractivity contribution is -0.0746. The van der Waals surface area contributed by atoms with Gasteiger partial charge in [-0.25, -0.2) is 0 Å². The first-order valence-corrected chi connectivity index (χ1v) is 6.66. The van der Waals surface area contributed by atoms with E-state index in [2.05, 4.69) is 31.0 Å². The first kappa shape index (κ1) is 12.3. The van der Waals surface area contributed by atoms with E-state index in [-0.39, 0.29) is 5.60 Å². The summed E-state index contributed by atoms with van der Waals surface area (Å²) in [6.45, 7) is 13.5. The van der Waals surface area contributed by atoms with E-state index in [4.69, 9.17) is 4.74 Å². The molecule has 2 fully saturated rings. The third-order valence-electron chi connectivity index (χ3n) is 4.27. The van der Waals surface area contributed by atoms with Gasteiger partial charge in [0.2, 0.25) is 0 Å². The van der Waals surface area contributed by atoms with Crippen LogP contribution < -0.4 is 5.32 Å². The topological polar surface area (TPSA) is 24.5 Å². The second-order valence-electron chi connectivity index (χ2n) is 5.95. The molecule has 0 aromatic heterocycles. The number of nitrogens with one attached hydrogen (secondary N) is 1. The maximum Gasteiger partial charge on any atom is 0.0902 e. The van der Waals surface area contributed by atoms with Gasteiger partial charge in [-0.05, 0) is 31.7 Å². The number of piperidine rings is 1. The van der Waals surface area contributed by atoms with E-state index in [1.165, 1.54) is 19.5 Å². The van der Waals surface area contributed by atoms with E-state index in [1.807, 2.05) is 0 Å². The maximum absolute atomic E-state index is 5.93. The molecule has 2 heterocycles. The standard InChI is InChI=1S/C13H26N2O/c1-11-4-5-15(8-12(11)2)6-7-16-13(3)9-14-10-13/h11-12,14H,4-10H2,1-3H3. The van der Waals surface area contributed by atoms with Gasteiger partial charge in [0, 0.05) is 26.2 Å². The highest BCUT2D eigenvalue weighted by molar-refractivity contribution is 4.90. The Balaban J connectivity index is 1.63. The van der Waals surface area contributed by atoms with E-state index in [0.717, 1.165) is 38.1 Å². The zero-order valence-corrected chi connectivity index (χ0v) is 11.0. The highest BCUT2D eigenvalue weighted by Gasteiger charge is 2.32. The van der Waals surface area contributed by atoms with Gasteiger partial charge in [0.05, 0.1) is 12.2 Å². The van der Waals surface area contributed by atoms with Crippen LogP contribution in [-0.4, -0.2) is 49.8 Å². The van der Waals surface area contributed by atoms with Crippen LogP contribution in [0.15, 0.2) is 0 Å². The summed E-state index contributed by atoms with van der Waals surface area (Å²) < 4.78 is 5.93. The van der Waals surface area contributed by atoms with Crippen LogP contribution in [0, 0.1) is 11.8 Å². The van der Waals surface area contributed by atoms with Crippen LogP contribution in [0.25, 0.3) is 0 Å². The van der Waals surface area contributed by atoms with E-state index in [1.54, 1.807) is 0 Å². The molecule has 0 bridgehead atoms. The number of hydrogen-bond donors (Lipinski definition) is 1. The Kier molecular flexibility index (Phi) is 3.88. The van der Waals surface area contributed by atoms with Gasteiger partial charge >= 0.3 is 0 Å². The molecule has 2 aliphatic heterocycles. The maximum atomic E-state index is 5.93. The summed E-state index contributed by atoms with van der Waals surface area (Å²) in [4.78, 5) is 2.56. The van der Waals surface area contributed by atoms with Crippen LogP contribution in [0.3, 0.4) is 0 Å². The lowest BCUT2D eigenvalue weighted by Gasteiger charge is -2.40. The van der Waals surface area contributed by atoms with Crippen molar-refractivity contribution >= 4 is 0 Å². The summed E-state index contributed by atoms with van der Waals surface area (Å²) in [5.74, 6) is 1.74. The summed E-state index contributed by atoms with van der Waals surface area (Å²) in [5, 5.41) is 3.26. The summed E-state index contributed by atoms with van der Waals surface area (Å²) >= 11 is 0. The largest absolute Gasteiger partial charge is 0.371 e. The molecule has 3 heteroatoms. The minimum atomic E-state index is 0.120. The van der Waals surface area contributed by atoms with Gasteiger partial charge in [-0.3, -0.25) is 0 Å². The van der Waals surface area contributed by atoms with Crippen molar-refractivity contribution in [1.82, 2.24) is 10.2 Å². The van der Waals surface area contributed by atoms with Crippen molar-refractivity contribution in [2.45, 2.75) is 32.8 Å². The Morgan fingerprint density at radius 2 is 2.06 bits per heavy atom. The molecule has 0 saturated carbocycles. The Hall–Kier alpha value is -0.120. The second kappa shape index (κ2) is 5.03. The predicted molar refractivity (Wildman–Crippen MR) is 66.6 cm³/mol. The smallest absolute Gasteiger partial charge is 0.0902 e. The predicted octanol–water partition coefficient (Wildman–Crippen LogP) is 1.34. The molecular weight excluding hydrogens is 200 g/mol. The Labute approximate surface area is 99.5 Å². The van der Waals surface area contributed by atoms with E-state index in [9.17, 15) is 0 Å². The minimum Gasteiger partial charge on any atom is -0.371 e. The van der Waals surface area contributed by atoms with Crippen molar-refractivity contribution in [3.63, 3.8) is 0 Å². The van der Waals surface area contributed by atoms with Crippen molar-refractivity contribution in [2.75, 3.05) is 39.3 Å². The number of rotatable bonds is 4. The lowest BCUT2D eigenvalue weighted by Crippen LogP contribution is -2.59. The summed E-state index contributed by atoms with van der Waals surface area (Å²) in [6, 6.07) is 0. The van der Waals surface area contributed by atoms with Gasteiger partial charge in [-0.2, -0.15) is 0 Å². The van der Waals surface area contributed by atoms with Gasteiger partial charge in [0.25, 0.3) is 0 Å². The number of hydrogen-bond acceptors (Lipinski definition) is 3. The molecule has 94 valence electrons. The fraction of sp³-hybridized carbons (Fsp3) is 1.00. The van der Waals surface area contributed by atoms with E-state index < -0.39 is 0 Å². The van der Waals surface area contributed by atoms with Crippen molar-refractivity contribution in [2.24, 2.45) is 11.8 Å². The summed E-state index contributed by atoms with van der Waals surface area (Å²) in [5.41, 5.74) is 0.120. The Morgan fingerprint density at radius 3 is 2.62 bits per heavy atom. The van der Waals surface area contributed by atoms with Crippen molar-refractivity contribution in [3.8, 4) is 0 Å². The molecule has 0 aromatic rings. The van der Waals surface area contributed by atoms with Crippen LogP contribution in [0.1, 0.15) is 27.2 Å². The molecule has 2 saturated heterocycles. The number of likely N-dealkylation sites (tertiary alicyclic amines) is 1. The molecule has 0 spiro atoms. The van der Waals surface area contributed by atoms with Crippen molar-refractivity contribution in [1.29, 1.82) is 0 Å². The zero-order chi connectivity index (χ0) is 11.6. The van der Waals surface area contributed by atoms with Crippen molar-refractivity contribution < 1.29 is 4.74 Å². The van der Waals surface area contributed by atoms with Crippen LogP contribution in [0.5, 0.6) is 0 Å². The zero-order valence-electron chi connectivity index (χ0n) is 11.0. The minimum absolute atomic E-state index is 0.120. The van der Waals surface area contributed by atoms with Gasteiger partial charge in [-0.1, -0.05) is 13.8 Å². The fourth-order valence-corrected chi connectivity index (χ4v) is 2.55. The highest BCUT2D eigenvalue weighted by atomic mass is 16.5. The number of nitrogens with zero attached hydrogens (tertiary/aromatic N) is 1. The van der Waals surface area contributed by atoms with E-state index in [0.29, 0.717) is 0 Å². The Morgan fingerprint density at radius 1 is 1.31 bits per heavy atom. The lowest BCUT2D eigenvalue weighted by atomic mass is 9.89. The van der Waals surface area contributed by atoms with Crippen molar-refractivity contribution in [3.05, 3.63) is 0 Å².